The van der Waals surface area contributed by atoms with E-state index < -0.39 is 0 Å². The van der Waals surface area contributed by atoms with Crippen molar-refractivity contribution in [3.8, 4) is 0 Å². The summed E-state index contributed by atoms with van der Waals surface area (Å²) in [5, 5.41) is 0. The number of carbonyl (C=O) groups is 4. The number of rotatable bonds is 12. The summed E-state index contributed by atoms with van der Waals surface area (Å²) in [6.45, 7) is 24.5. The zero-order valence-corrected chi connectivity index (χ0v) is 27.8. The van der Waals surface area contributed by atoms with Crippen molar-refractivity contribution in [3.63, 3.8) is 0 Å². The summed E-state index contributed by atoms with van der Waals surface area (Å²) >= 11 is 0. The molecule has 4 aliphatic carbocycles. The highest BCUT2D eigenvalue weighted by atomic mass is 16.5. The van der Waals surface area contributed by atoms with Crippen molar-refractivity contribution in [2.24, 2.45) is 33.5 Å². The van der Waals surface area contributed by atoms with E-state index in [1.165, 1.54) is 9.80 Å². The van der Waals surface area contributed by atoms with Crippen LogP contribution in [0.25, 0.3) is 0 Å². The molecule has 0 N–H and O–H groups in total. The molecular formula is C35H54N2O6. The summed E-state index contributed by atoms with van der Waals surface area (Å²) in [7, 11) is 0. The van der Waals surface area contributed by atoms with Gasteiger partial charge in [0.1, 0.15) is 12.2 Å². The van der Waals surface area contributed by atoms with Crippen LogP contribution in [0.5, 0.6) is 0 Å². The fourth-order valence-electron chi connectivity index (χ4n) is 8.79. The SMILES string of the molecule is C=C(C)C(=O)N(CCC(=O)OC1CC2(C)CCC1C2(C)C)CN(CCC(=O)OC1CC2(C)CCC1C2(C)C)C(=O)C(=C)C. The number of ether oxygens (including phenoxy) is 2. The maximum atomic E-state index is 13.1. The average molecular weight is 599 g/mol. The average Bonchev–Trinajstić information content (AvgIpc) is 3.42. The normalized spacial score (nSPS) is 32.7. The second kappa shape index (κ2) is 11.7. The molecule has 0 aromatic heterocycles. The van der Waals surface area contributed by atoms with Crippen molar-refractivity contribution in [3.05, 3.63) is 24.3 Å². The van der Waals surface area contributed by atoms with E-state index in [1.54, 1.807) is 13.8 Å². The number of fused-ring (bicyclic) bond motifs is 4. The lowest BCUT2D eigenvalue weighted by molar-refractivity contribution is -0.153. The standard InChI is InChI=1S/C35H54N2O6/c1-22(2)30(40)36(17-13-28(38)42-26-19-34(9)15-11-24(26)32(34,5)6)21-37(31(41)23(3)4)18-14-29(39)43-27-20-35(10)16-12-25(27)33(35,7)8/h24-27H,1,3,11-21H2,2,4-10H3. The van der Waals surface area contributed by atoms with Crippen molar-refractivity contribution in [1.29, 1.82) is 0 Å². The summed E-state index contributed by atoms with van der Waals surface area (Å²) < 4.78 is 11.9. The van der Waals surface area contributed by atoms with Crippen LogP contribution in [0, 0.1) is 33.5 Å². The quantitative estimate of drug-likeness (QED) is 0.154. The summed E-state index contributed by atoms with van der Waals surface area (Å²) in [4.78, 5) is 55.1. The number of hydrogen-bond acceptors (Lipinski definition) is 6. The monoisotopic (exact) mass is 598 g/mol. The van der Waals surface area contributed by atoms with Gasteiger partial charge in [0, 0.05) is 36.1 Å². The Morgan fingerprint density at radius 3 is 1.28 bits per heavy atom. The van der Waals surface area contributed by atoms with E-state index >= 15 is 0 Å². The van der Waals surface area contributed by atoms with E-state index in [0.717, 1.165) is 38.5 Å². The smallest absolute Gasteiger partial charge is 0.307 e. The molecule has 4 fully saturated rings. The third kappa shape index (κ3) is 6.04. The maximum Gasteiger partial charge on any atom is 0.307 e. The zero-order valence-electron chi connectivity index (χ0n) is 27.8. The maximum absolute atomic E-state index is 13.1. The lowest BCUT2D eigenvalue weighted by Crippen LogP contribution is -2.46. The molecule has 0 spiro atoms. The van der Waals surface area contributed by atoms with Crippen molar-refractivity contribution >= 4 is 23.8 Å². The summed E-state index contributed by atoms with van der Waals surface area (Å²) in [6.07, 6.45) is 5.94. The molecule has 0 heterocycles. The van der Waals surface area contributed by atoms with Gasteiger partial charge in [0.05, 0.1) is 19.5 Å². The molecule has 4 saturated carbocycles. The van der Waals surface area contributed by atoms with Crippen molar-refractivity contribution in [2.75, 3.05) is 19.8 Å². The van der Waals surface area contributed by atoms with Crippen LogP contribution >= 0.6 is 0 Å². The largest absolute Gasteiger partial charge is 0.462 e. The van der Waals surface area contributed by atoms with Gasteiger partial charge in [-0.2, -0.15) is 0 Å². The zero-order chi connectivity index (χ0) is 32.1. The highest BCUT2D eigenvalue weighted by Crippen LogP contribution is 2.67. The van der Waals surface area contributed by atoms with Gasteiger partial charge >= 0.3 is 11.9 Å². The van der Waals surface area contributed by atoms with E-state index in [2.05, 4.69) is 54.7 Å². The topological polar surface area (TPSA) is 93.2 Å². The Balaban J connectivity index is 1.35. The molecule has 6 atom stereocenters. The summed E-state index contributed by atoms with van der Waals surface area (Å²) in [6, 6.07) is 0. The molecule has 6 unspecified atom stereocenters. The molecule has 43 heavy (non-hydrogen) atoms. The Kier molecular flexibility index (Phi) is 9.05. The van der Waals surface area contributed by atoms with Gasteiger partial charge < -0.3 is 19.3 Å². The number of carbonyl (C=O) groups excluding carboxylic acids is 4. The molecule has 2 amide bonds. The van der Waals surface area contributed by atoms with Gasteiger partial charge in [-0.3, -0.25) is 19.2 Å². The Morgan fingerprint density at radius 1 is 0.674 bits per heavy atom. The predicted octanol–water partition coefficient (Wildman–Crippen LogP) is 6.05. The van der Waals surface area contributed by atoms with Crippen LogP contribution in [0.2, 0.25) is 0 Å². The highest BCUT2D eigenvalue weighted by molar-refractivity contribution is 5.94. The van der Waals surface area contributed by atoms with E-state index in [0.29, 0.717) is 23.0 Å². The second-order valence-electron chi connectivity index (χ2n) is 15.7. The van der Waals surface area contributed by atoms with Crippen LogP contribution in [0.1, 0.15) is 107 Å². The first-order chi connectivity index (χ1) is 19.8. The Hall–Kier alpha value is -2.64. The first kappa shape index (κ1) is 33.3. The second-order valence-corrected chi connectivity index (χ2v) is 15.7. The molecule has 8 heteroatoms. The lowest BCUT2D eigenvalue weighted by atomic mass is 9.71. The van der Waals surface area contributed by atoms with Gasteiger partial charge in [-0.1, -0.05) is 54.7 Å². The molecule has 8 nitrogen and oxygen atoms in total. The first-order valence-corrected chi connectivity index (χ1v) is 16.1. The van der Waals surface area contributed by atoms with Crippen LogP contribution in [0.3, 0.4) is 0 Å². The van der Waals surface area contributed by atoms with Gasteiger partial charge in [-0.25, -0.2) is 0 Å². The van der Waals surface area contributed by atoms with Crippen LogP contribution < -0.4 is 0 Å². The van der Waals surface area contributed by atoms with E-state index in [1.807, 2.05) is 0 Å². The van der Waals surface area contributed by atoms with Crippen LogP contribution in [0.4, 0.5) is 0 Å². The lowest BCUT2D eigenvalue weighted by Gasteiger charge is -2.33. The Bertz CT molecular complexity index is 1090. The minimum absolute atomic E-state index is 0.00808. The molecule has 0 radical (unpaired) electrons. The predicted molar refractivity (Wildman–Crippen MR) is 165 cm³/mol. The number of nitrogens with zero attached hydrogens (tertiary/aromatic N) is 2. The van der Waals surface area contributed by atoms with E-state index in [-0.39, 0.29) is 90.2 Å². The number of esters is 2. The molecule has 0 aromatic carbocycles. The first-order valence-electron chi connectivity index (χ1n) is 16.1. The Morgan fingerprint density at radius 2 is 1.02 bits per heavy atom. The third-order valence-electron chi connectivity index (χ3n) is 12.6. The van der Waals surface area contributed by atoms with E-state index in [4.69, 9.17) is 9.47 Å². The summed E-state index contributed by atoms with van der Waals surface area (Å²) in [5.41, 5.74) is 1.17. The minimum atomic E-state index is -0.360. The molecule has 4 rings (SSSR count). The molecule has 240 valence electrons. The van der Waals surface area contributed by atoms with Gasteiger partial charge in [0.15, 0.2) is 0 Å². The van der Waals surface area contributed by atoms with Gasteiger partial charge in [0.25, 0.3) is 0 Å². The number of hydrogen-bond donors (Lipinski definition) is 0. The van der Waals surface area contributed by atoms with Crippen molar-refractivity contribution in [2.45, 2.75) is 119 Å². The molecule has 4 aliphatic rings. The number of amides is 2. The van der Waals surface area contributed by atoms with Crippen molar-refractivity contribution < 1.29 is 28.7 Å². The molecule has 0 saturated heterocycles. The highest BCUT2D eigenvalue weighted by Gasteiger charge is 2.62. The van der Waals surface area contributed by atoms with E-state index in [9.17, 15) is 19.2 Å². The summed E-state index contributed by atoms with van der Waals surface area (Å²) in [5.74, 6) is -0.736. The van der Waals surface area contributed by atoms with Gasteiger partial charge in [-0.05, 0) is 74.0 Å². The minimum Gasteiger partial charge on any atom is -0.462 e. The van der Waals surface area contributed by atoms with Gasteiger partial charge in [0.2, 0.25) is 11.8 Å². The molecule has 0 aromatic rings. The fraction of sp³-hybridized carbons (Fsp3) is 0.771. The molecule has 4 bridgehead atoms. The van der Waals surface area contributed by atoms with Crippen LogP contribution in [-0.2, 0) is 28.7 Å². The Labute approximate surface area is 258 Å². The van der Waals surface area contributed by atoms with Crippen molar-refractivity contribution in [1.82, 2.24) is 9.80 Å². The molecular weight excluding hydrogens is 544 g/mol. The fourth-order valence-corrected chi connectivity index (χ4v) is 8.79. The van der Waals surface area contributed by atoms with Crippen LogP contribution in [0.15, 0.2) is 24.3 Å². The van der Waals surface area contributed by atoms with Gasteiger partial charge in [-0.15, -0.1) is 0 Å². The third-order valence-corrected chi connectivity index (χ3v) is 12.6. The molecule has 0 aliphatic heterocycles. The van der Waals surface area contributed by atoms with Crippen LogP contribution in [-0.4, -0.2) is 65.5 Å².